The van der Waals surface area contributed by atoms with Crippen molar-refractivity contribution in [2.75, 3.05) is 11.9 Å². The average Bonchev–Trinajstić information content (AvgIpc) is 2.99. The molecule has 5 heteroatoms. The van der Waals surface area contributed by atoms with Crippen LogP contribution in [0.3, 0.4) is 0 Å². The zero-order chi connectivity index (χ0) is 15.6. The number of anilines is 1. The fourth-order valence-electron chi connectivity index (χ4n) is 2.36. The van der Waals surface area contributed by atoms with Crippen molar-refractivity contribution in [3.8, 4) is 12.3 Å². The Morgan fingerprint density at radius 2 is 1.82 bits per heavy atom. The second-order valence-electron chi connectivity index (χ2n) is 4.73. The van der Waals surface area contributed by atoms with Crippen LogP contribution in [-0.2, 0) is 10.0 Å². The Kier molecular flexibility index (Phi) is 3.61. The summed E-state index contributed by atoms with van der Waals surface area (Å²) in [5.41, 5.74) is 1.29. The quantitative estimate of drug-likeness (QED) is 0.754. The van der Waals surface area contributed by atoms with Crippen molar-refractivity contribution < 1.29 is 8.42 Å². The van der Waals surface area contributed by atoms with Gasteiger partial charge in [0.05, 0.1) is 22.6 Å². The molecule has 0 fully saturated rings. The molecule has 0 spiro atoms. The van der Waals surface area contributed by atoms with Gasteiger partial charge in [-0.05, 0) is 24.3 Å². The maximum Gasteiger partial charge on any atom is 0.268 e. The van der Waals surface area contributed by atoms with Crippen molar-refractivity contribution in [1.29, 1.82) is 0 Å². The number of aromatic nitrogens is 1. The molecule has 2 aromatic carbocycles. The Balaban J connectivity index is 2.22. The highest BCUT2D eigenvalue weighted by atomic mass is 32.2. The van der Waals surface area contributed by atoms with Crippen LogP contribution in [0.25, 0.3) is 10.9 Å². The molecule has 0 unspecified atom stereocenters. The van der Waals surface area contributed by atoms with Gasteiger partial charge in [0.15, 0.2) is 0 Å². The predicted octanol–water partition coefficient (Wildman–Crippen LogP) is 2.92. The number of hydrogen-bond acceptors (Lipinski definition) is 3. The highest BCUT2D eigenvalue weighted by Crippen LogP contribution is 2.28. The van der Waals surface area contributed by atoms with Gasteiger partial charge in [0, 0.05) is 11.6 Å². The summed E-state index contributed by atoms with van der Waals surface area (Å²) in [6.45, 7) is 0.329. The van der Waals surface area contributed by atoms with Crippen molar-refractivity contribution in [2.24, 2.45) is 0 Å². The second kappa shape index (κ2) is 5.58. The summed E-state index contributed by atoms with van der Waals surface area (Å²) < 4.78 is 26.9. The van der Waals surface area contributed by atoms with Gasteiger partial charge >= 0.3 is 0 Å². The Morgan fingerprint density at radius 1 is 1.05 bits per heavy atom. The largest absolute Gasteiger partial charge is 0.372 e. The molecule has 3 aromatic rings. The highest BCUT2D eigenvalue weighted by Gasteiger charge is 2.19. The molecule has 0 radical (unpaired) electrons. The van der Waals surface area contributed by atoms with Gasteiger partial charge in [0.25, 0.3) is 10.0 Å². The molecule has 4 nitrogen and oxygen atoms in total. The van der Waals surface area contributed by atoms with Crippen LogP contribution in [0.5, 0.6) is 0 Å². The number of rotatable bonds is 4. The lowest BCUT2D eigenvalue weighted by atomic mass is 10.2. The van der Waals surface area contributed by atoms with Crippen LogP contribution in [0.1, 0.15) is 0 Å². The molecule has 22 heavy (non-hydrogen) atoms. The summed E-state index contributed by atoms with van der Waals surface area (Å²) in [4.78, 5) is 0.249. The molecule has 3 rings (SSSR count). The summed E-state index contributed by atoms with van der Waals surface area (Å²) in [6.07, 6.45) is 6.84. The molecule has 0 saturated heterocycles. The smallest absolute Gasteiger partial charge is 0.268 e. The third kappa shape index (κ3) is 2.34. The van der Waals surface area contributed by atoms with E-state index in [0.717, 1.165) is 5.39 Å². The lowest BCUT2D eigenvalue weighted by Gasteiger charge is -2.11. The molecular formula is C17H14N2O2S. The van der Waals surface area contributed by atoms with Crippen LogP contribution < -0.4 is 5.32 Å². The first-order valence-corrected chi connectivity index (χ1v) is 8.16. The van der Waals surface area contributed by atoms with E-state index in [1.165, 1.54) is 3.97 Å². The van der Waals surface area contributed by atoms with Gasteiger partial charge in [-0.25, -0.2) is 12.4 Å². The normalized spacial score (nSPS) is 11.2. The number of nitrogens with one attached hydrogen (secondary N) is 1. The molecule has 1 heterocycles. The number of hydrogen-bond donors (Lipinski definition) is 1. The van der Waals surface area contributed by atoms with E-state index >= 15 is 0 Å². The molecule has 0 aliphatic carbocycles. The van der Waals surface area contributed by atoms with E-state index < -0.39 is 10.0 Å². The number of fused-ring (bicyclic) bond motifs is 1. The van der Waals surface area contributed by atoms with E-state index in [1.807, 2.05) is 18.2 Å². The Hall–Kier alpha value is -2.71. The van der Waals surface area contributed by atoms with Gasteiger partial charge < -0.3 is 5.32 Å². The molecule has 1 N–H and O–H groups in total. The van der Waals surface area contributed by atoms with Crippen molar-refractivity contribution in [3.05, 3.63) is 60.8 Å². The number of terminal acetylenes is 1. The van der Waals surface area contributed by atoms with Gasteiger partial charge in [-0.15, -0.1) is 6.42 Å². The van der Waals surface area contributed by atoms with Crippen molar-refractivity contribution >= 4 is 26.6 Å². The van der Waals surface area contributed by atoms with Gasteiger partial charge in [0.1, 0.15) is 0 Å². The van der Waals surface area contributed by atoms with Gasteiger partial charge in [-0.2, -0.15) is 0 Å². The van der Waals surface area contributed by atoms with Crippen molar-refractivity contribution in [1.82, 2.24) is 3.97 Å². The minimum atomic E-state index is -3.64. The standard InChI is InChI=1S/C17H14N2O2S/c1-2-12-18-16-10-6-7-14-11-13-19(17(14)16)22(20,21)15-8-4-3-5-9-15/h1,3-11,13,18H,12H2. The number of nitrogens with zero attached hydrogens (tertiary/aromatic N) is 1. The first-order chi connectivity index (χ1) is 10.6. The van der Waals surface area contributed by atoms with Crippen LogP contribution in [0.15, 0.2) is 65.7 Å². The topological polar surface area (TPSA) is 51.1 Å². The van der Waals surface area contributed by atoms with Gasteiger partial charge in [-0.1, -0.05) is 36.3 Å². The van der Waals surface area contributed by atoms with E-state index in [2.05, 4.69) is 11.2 Å². The van der Waals surface area contributed by atoms with Crippen LogP contribution >= 0.6 is 0 Å². The number of para-hydroxylation sites is 1. The Labute approximate surface area is 129 Å². The zero-order valence-corrected chi connectivity index (χ0v) is 12.5. The van der Waals surface area contributed by atoms with Crippen LogP contribution in [0.4, 0.5) is 5.69 Å². The first kappa shape index (κ1) is 14.2. The summed E-state index contributed by atoms with van der Waals surface area (Å²) in [5, 5.41) is 3.90. The molecule has 0 aliphatic rings. The molecule has 0 saturated carbocycles. The van der Waals surface area contributed by atoms with Crippen LogP contribution in [-0.4, -0.2) is 18.9 Å². The van der Waals surface area contributed by atoms with Crippen molar-refractivity contribution in [3.63, 3.8) is 0 Å². The van der Waals surface area contributed by atoms with E-state index in [4.69, 9.17) is 6.42 Å². The monoisotopic (exact) mass is 310 g/mol. The SMILES string of the molecule is C#CCNc1cccc2ccn(S(=O)(=O)c3ccccc3)c12. The summed E-state index contributed by atoms with van der Waals surface area (Å²) in [5.74, 6) is 2.49. The molecule has 0 amide bonds. The Bertz CT molecular complexity index is 951. The predicted molar refractivity (Wildman–Crippen MR) is 88.3 cm³/mol. The maximum atomic E-state index is 12.8. The van der Waals surface area contributed by atoms with E-state index in [-0.39, 0.29) is 4.90 Å². The average molecular weight is 310 g/mol. The summed E-state index contributed by atoms with van der Waals surface area (Å²) >= 11 is 0. The fraction of sp³-hybridized carbons (Fsp3) is 0.0588. The summed E-state index contributed by atoms with van der Waals surface area (Å²) in [6, 6.07) is 15.7. The molecular weight excluding hydrogens is 296 g/mol. The maximum absolute atomic E-state index is 12.8. The fourth-order valence-corrected chi connectivity index (χ4v) is 3.75. The zero-order valence-electron chi connectivity index (χ0n) is 11.7. The van der Waals surface area contributed by atoms with Crippen LogP contribution in [0, 0.1) is 12.3 Å². The lowest BCUT2D eigenvalue weighted by molar-refractivity contribution is 0.589. The minimum Gasteiger partial charge on any atom is -0.372 e. The van der Waals surface area contributed by atoms with E-state index in [9.17, 15) is 8.42 Å². The molecule has 0 aliphatic heterocycles. The van der Waals surface area contributed by atoms with E-state index in [1.54, 1.807) is 42.6 Å². The van der Waals surface area contributed by atoms with E-state index in [0.29, 0.717) is 17.7 Å². The minimum absolute atomic E-state index is 0.249. The lowest BCUT2D eigenvalue weighted by Crippen LogP contribution is -2.13. The van der Waals surface area contributed by atoms with Gasteiger partial charge in [-0.3, -0.25) is 0 Å². The summed E-state index contributed by atoms with van der Waals surface area (Å²) in [7, 11) is -3.64. The molecule has 1 aromatic heterocycles. The van der Waals surface area contributed by atoms with Crippen molar-refractivity contribution in [2.45, 2.75) is 4.90 Å². The third-order valence-corrected chi connectivity index (χ3v) is 5.05. The highest BCUT2D eigenvalue weighted by molar-refractivity contribution is 7.90. The third-order valence-electron chi connectivity index (χ3n) is 3.36. The molecule has 0 atom stereocenters. The molecule has 0 bridgehead atoms. The second-order valence-corrected chi connectivity index (χ2v) is 6.55. The molecule has 110 valence electrons. The van der Waals surface area contributed by atoms with Gasteiger partial charge in [0.2, 0.25) is 0 Å². The Morgan fingerprint density at radius 3 is 2.55 bits per heavy atom. The number of benzene rings is 2. The first-order valence-electron chi connectivity index (χ1n) is 6.72. The van der Waals surface area contributed by atoms with Crippen LogP contribution in [0.2, 0.25) is 0 Å².